The van der Waals surface area contributed by atoms with E-state index in [4.69, 9.17) is 0 Å². The number of aryl methyl sites for hydroxylation is 1. The van der Waals surface area contributed by atoms with Gasteiger partial charge in [-0.3, -0.25) is 4.79 Å². The van der Waals surface area contributed by atoms with Gasteiger partial charge in [0.1, 0.15) is 0 Å². The average Bonchev–Trinajstić information content (AvgIpc) is 2.77. The molecule has 0 bridgehead atoms. The Balaban J connectivity index is 1.72. The number of nitrogens with zero attached hydrogens (tertiary/aromatic N) is 3. The van der Waals surface area contributed by atoms with E-state index in [2.05, 4.69) is 20.9 Å². The van der Waals surface area contributed by atoms with E-state index in [1.165, 1.54) is 0 Å². The van der Waals surface area contributed by atoms with Crippen LogP contribution in [0.25, 0.3) is 0 Å². The molecule has 1 aliphatic heterocycles. The summed E-state index contributed by atoms with van der Waals surface area (Å²) in [5.41, 5.74) is 0. The summed E-state index contributed by atoms with van der Waals surface area (Å²) in [5.74, 6) is 0.266. The van der Waals surface area contributed by atoms with E-state index in [0.29, 0.717) is 11.2 Å². The SMILES string of the molecule is O=C1CC(Br)CN1CCCn1ccnc1. The number of hydrogen-bond donors (Lipinski definition) is 0. The molecule has 0 aliphatic carbocycles. The van der Waals surface area contributed by atoms with Crippen LogP contribution < -0.4 is 0 Å². The monoisotopic (exact) mass is 271 g/mol. The van der Waals surface area contributed by atoms with Crippen molar-refractivity contribution in [3.8, 4) is 0 Å². The Kier molecular flexibility index (Phi) is 3.41. The van der Waals surface area contributed by atoms with Crippen LogP contribution in [-0.2, 0) is 11.3 Å². The van der Waals surface area contributed by atoms with Crippen molar-refractivity contribution < 1.29 is 4.79 Å². The Bertz CT molecular complexity index is 325. The number of imidazole rings is 1. The molecule has 1 aliphatic rings. The predicted octanol–water partition coefficient (Wildman–Crippen LogP) is 1.27. The summed E-state index contributed by atoms with van der Waals surface area (Å²) < 4.78 is 2.03. The molecule has 15 heavy (non-hydrogen) atoms. The van der Waals surface area contributed by atoms with Crippen LogP contribution >= 0.6 is 15.9 Å². The molecule has 1 fully saturated rings. The van der Waals surface area contributed by atoms with Crippen molar-refractivity contribution in [1.82, 2.24) is 14.5 Å². The van der Waals surface area contributed by atoms with Crippen LogP contribution in [0.1, 0.15) is 12.8 Å². The van der Waals surface area contributed by atoms with E-state index in [1.54, 1.807) is 12.5 Å². The lowest BCUT2D eigenvalue weighted by Gasteiger charge is -2.15. The molecule has 5 heteroatoms. The van der Waals surface area contributed by atoms with Crippen LogP contribution in [0.4, 0.5) is 0 Å². The first-order chi connectivity index (χ1) is 7.25. The lowest BCUT2D eigenvalue weighted by Crippen LogP contribution is -2.27. The van der Waals surface area contributed by atoms with E-state index < -0.39 is 0 Å². The van der Waals surface area contributed by atoms with Gasteiger partial charge < -0.3 is 9.47 Å². The number of amides is 1. The highest BCUT2D eigenvalue weighted by Gasteiger charge is 2.26. The van der Waals surface area contributed by atoms with Gasteiger partial charge in [0.05, 0.1) is 6.33 Å². The van der Waals surface area contributed by atoms with Gasteiger partial charge in [0, 0.05) is 43.3 Å². The third-order valence-corrected chi connectivity index (χ3v) is 3.18. The van der Waals surface area contributed by atoms with Crippen LogP contribution in [0.5, 0.6) is 0 Å². The highest BCUT2D eigenvalue weighted by Crippen LogP contribution is 2.17. The second-order valence-electron chi connectivity index (χ2n) is 3.80. The third kappa shape index (κ3) is 2.81. The molecule has 0 spiro atoms. The maximum atomic E-state index is 11.5. The maximum Gasteiger partial charge on any atom is 0.223 e. The molecule has 0 N–H and O–H groups in total. The lowest BCUT2D eigenvalue weighted by molar-refractivity contribution is -0.127. The molecule has 0 saturated carbocycles. The molecule has 1 unspecified atom stereocenters. The highest BCUT2D eigenvalue weighted by atomic mass is 79.9. The van der Waals surface area contributed by atoms with Gasteiger partial charge in [-0.05, 0) is 6.42 Å². The normalized spacial score (nSPS) is 21.3. The standard InChI is InChI=1S/C10H14BrN3O/c11-9-6-10(15)14(7-9)4-1-3-13-5-2-12-8-13/h2,5,8-9H,1,3-4,6-7H2. The largest absolute Gasteiger partial charge is 0.341 e. The summed E-state index contributed by atoms with van der Waals surface area (Å²) >= 11 is 3.47. The first-order valence-electron chi connectivity index (χ1n) is 5.13. The molecule has 1 saturated heterocycles. The minimum absolute atomic E-state index is 0.266. The molecule has 1 amide bonds. The smallest absolute Gasteiger partial charge is 0.223 e. The average molecular weight is 272 g/mol. The summed E-state index contributed by atoms with van der Waals surface area (Å²) in [6.45, 7) is 2.62. The lowest BCUT2D eigenvalue weighted by atomic mass is 10.4. The highest BCUT2D eigenvalue weighted by molar-refractivity contribution is 9.09. The van der Waals surface area contributed by atoms with Crippen molar-refractivity contribution in [2.24, 2.45) is 0 Å². The molecule has 0 radical (unpaired) electrons. The fourth-order valence-electron chi connectivity index (χ4n) is 1.80. The van der Waals surface area contributed by atoms with Crippen LogP contribution in [0, 0.1) is 0 Å². The van der Waals surface area contributed by atoms with Crippen LogP contribution in [0.2, 0.25) is 0 Å². The van der Waals surface area contributed by atoms with E-state index in [0.717, 1.165) is 26.1 Å². The number of rotatable bonds is 4. The topological polar surface area (TPSA) is 38.1 Å². The van der Waals surface area contributed by atoms with Crippen molar-refractivity contribution in [1.29, 1.82) is 0 Å². The number of aromatic nitrogens is 2. The fourth-order valence-corrected chi connectivity index (χ4v) is 2.43. The van der Waals surface area contributed by atoms with E-state index >= 15 is 0 Å². The van der Waals surface area contributed by atoms with Gasteiger partial charge in [0.15, 0.2) is 0 Å². The summed E-state index contributed by atoms with van der Waals surface area (Å²) in [6.07, 6.45) is 7.15. The minimum Gasteiger partial charge on any atom is -0.341 e. The number of likely N-dealkylation sites (tertiary alicyclic amines) is 1. The van der Waals surface area contributed by atoms with Crippen LogP contribution in [0.3, 0.4) is 0 Å². The number of carbonyl (C=O) groups excluding carboxylic acids is 1. The first-order valence-corrected chi connectivity index (χ1v) is 6.05. The van der Waals surface area contributed by atoms with E-state index in [9.17, 15) is 4.79 Å². The summed E-state index contributed by atoms with van der Waals surface area (Å²) in [4.78, 5) is 17.7. The summed E-state index contributed by atoms with van der Waals surface area (Å²) in [5, 5.41) is 0. The molecule has 4 nitrogen and oxygen atoms in total. The Morgan fingerprint density at radius 2 is 2.40 bits per heavy atom. The Labute approximate surface area is 97.4 Å². The second kappa shape index (κ2) is 4.79. The molecular weight excluding hydrogens is 258 g/mol. The second-order valence-corrected chi connectivity index (χ2v) is 5.09. The third-order valence-electron chi connectivity index (χ3n) is 2.57. The first kappa shape index (κ1) is 10.7. The van der Waals surface area contributed by atoms with Crippen LogP contribution in [0.15, 0.2) is 18.7 Å². The fraction of sp³-hybridized carbons (Fsp3) is 0.600. The number of alkyl halides is 1. The quantitative estimate of drug-likeness (QED) is 0.774. The van der Waals surface area contributed by atoms with Gasteiger partial charge in [-0.15, -0.1) is 0 Å². The van der Waals surface area contributed by atoms with Crippen molar-refractivity contribution in [3.63, 3.8) is 0 Å². The van der Waals surface area contributed by atoms with Gasteiger partial charge in [0.25, 0.3) is 0 Å². The molecule has 0 aromatic carbocycles. The number of halogens is 1. The van der Waals surface area contributed by atoms with Gasteiger partial charge in [0.2, 0.25) is 5.91 Å². The molecule has 1 atom stereocenters. The molecule has 2 rings (SSSR count). The zero-order valence-corrected chi connectivity index (χ0v) is 10.1. The Morgan fingerprint density at radius 1 is 1.53 bits per heavy atom. The van der Waals surface area contributed by atoms with Gasteiger partial charge in [-0.2, -0.15) is 0 Å². The van der Waals surface area contributed by atoms with E-state index in [1.807, 2.05) is 15.7 Å². The van der Waals surface area contributed by atoms with Crippen molar-refractivity contribution >= 4 is 21.8 Å². The van der Waals surface area contributed by atoms with Crippen molar-refractivity contribution in [2.75, 3.05) is 13.1 Å². The molecule has 82 valence electrons. The minimum atomic E-state index is 0.266. The zero-order chi connectivity index (χ0) is 10.7. The molecule has 2 heterocycles. The van der Waals surface area contributed by atoms with Gasteiger partial charge >= 0.3 is 0 Å². The predicted molar refractivity (Wildman–Crippen MR) is 60.8 cm³/mol. The Hall–Kier alpha value is -0.840. The molecular formula is C10H14BrN3O. The molecule has 1 aromatic heterocycles. The zero-order valence-electron chi connectivity index (χ0n) is 8.47. The van der Waals surface area contributed by atoms with Crippen molar-refractivity contribution in [3.05, 3.63) is 18.7 Å². The number of hydrogen-bond acceptors (Lipinski definition) is 2. The molecule has 1 aromatic rings. The van der Waals surface area contributed by atoms with E-state index in [-0.39, 0.29) is 5.91 Å². The van der Waals surface area contributed by atoms with Crippen LogP contribution in [-0.4, -0.2) is 38.3 Å². The van der Waals surface area contributed by atoms with Gasteiger partial charge in [-0.25, -0.2) is 4.98 Å². The summed E-state index contributed by atoms with van der Waals surface area (Å²) in [7, 11) is 0. The maximum absolute atomic E-state index is 11.5. The Morgan fingerprint density at radius 3 is 3.00 bits per heavy atom. The van der Waals surface area contributed by atoms with Gasteiger partial charge in [-0.1, -0.05) is 15.9 Å². The van der Waals surface area contributed by atoms with Crippen molar-refractivity contribution in [2.45, 2.75) is 24.2 Å². The summed E-state index contributed by atoms with van der Waals surface area (Å²) in [6, 6.07) is 0. The number of carbonyl (C=O) groups is 1.